The van der Waals surface area contributed by atoms with Crippen molar-refractivity contribution < 1.29 is 9.63 Å². The predicted molar refractivity (Wildman–Crippen MR) is 27.8 cm³/mol. The maximum atomic E-state index is 9.86. The molecule has 0 saturated heterocycles. The number of oxime groups is 1. The number of nitrogens with two attached hydrogens (primary N) is 2. The summed E-state index contributed by atoms with van der Waals surface area (Å²) in [4.78, 5) is 14.1. The quantitative estimate of drug-likeness (QED) is 0.264. The van der Waals surface area contributed by atoms with Crippen molar-refractivity contribution in [1.82, 2.24) is 0 Å². The average molecular weight is 117 g/mol. The van der Waals surface area contributed by atoms with E-state index in [0.29, 0.717) is 0 Å². The first-order valence-electron chi connectivity index (χ1n) is 1.91. The van der Waals surface area contributed by atoms with Crippen molar-refractivity contribution in [1.29, 1.82) is 0 Å². The van der Waals surface area contributed by atoms with Crippen LogP contribution in [-0.2, 0) is 9.63 Å². The van der Waals surface area contributed by atoms with Gasteiger partial charge in [-0.15, -0.1) is 0 Å². The first-order valence-corrected chi connectivity index (χ1v) is 1.91. The summed E-state index contributed by atoms with van der Waals surface area (Å²) >= 11 is 0. The van der Waals surface area contributed by atoms with Gasteiger partial charge in [-0.2, -0.15) is 0 Å². The van der Waals surface area contributed by atoms with E-state index >= 15 is 0 Å². The van der Waals surface area contributed by atoms with Gasteiger partial charge in [-0.3, -0.25) is 4.79 Å². The molecule has 5 heteroatoms. The summed E-state index contributed by atoms with van der Waals surface area (Å²) in [5, 5.41) is 3.06. The fraction of sp³-hybridized carbons (Fsp3) is 0.333. The third-order valence-corrected chi connectivity index (χ3v) is 0.342. The van der Waals surface area contributed by atoms with E-state index in [4.69, 9.17) is 5.73 Å². The van der Waals surface area contributed by atoms with Crippen LogP contribution in [0.4, 0.5) is 0 Å². The zero-order valence-corrected chi connectivity index (χ0v) is 4.20. The Balaban J connectivity index is 3.05. The van der Waals surface area contributed by atoms with Crippen LogP contribution in [0.5, 0.6) is 0 Å². The highest BCUT2D eigenvalue weighted by Crippen LogP contribution is 1.68. The van der Waals surface area contributed by atoms with E-state index in [-0.39, 0.29) is 6.61 Å². The largest absolute Gasteiger partial charge is 0.387 e. The lowest BCUT2D eigenvalue weighted by molar-refractivity contribution is -0.122. The van der Waals surface area contributed by atoms with E-state index in [9.17, 15) is 4.79 Å². The van der Waals surface area contributed by atoms with E-state index in [0.717, 1.165) is 6.34 Å². The number of hydrogen-bond donors (Lipinski definition) is 2. The van der Waals surface area contributed by atoms with Crippen LogP contribution >= 0.6 is 0 Å². The minimum Gasteiger partial charge on any atom is -0.387 e. The Bertz CT molecular complexity index is 101. The van der Waals surface area contributed by atoms with Gasteiger partial charge in [0.1, 0.15) is 6.34 Å². The van der Waals surface area contributed by atoms with Crippen molar-refractivity contribution in [2.75, 3.05) is 6.61 Å². The van der Waals surface area contributed by atoms with E-state index in [1.807, 2.05) is 0 Å². The molecule has 0 aromatic carbocycles. The Morgan fingerprint density at radius 3 is 2.88 bits per heavy atom. The molecule has 0 aromatic rings. The van der Waals surface area contributed by atoms with Gasteiger partial charge in [0.05, 0.1) is 0 Å². The summed E-state index contributed by atoms with van der Waals surface area (Å²) in [5.41, 5.74) is 9.40. The fourth-order valence-corrected chi connectivity index (χ4v) is 0.144. The van der Waals surface area contributed by atoms with Crippen molar-refractivity contribution in [2.24, 2.45) is 16.6 Å². The fourth-order valence-electron chi connectivity index (χ4n) is 0.144. The van der Waals surface area contributed by atoms with Crippen molar-refractivity contribution in [3.8, 4) is 0 Å². The van der Waals surface area contributed by atoms with Gasteiger partial charge in [-0.25, -0.2) is 0 Å². The molecule has 5 nitrogen and oxygen atoms in total. The predicted octanol–water partition coefficient (Wildman–Crippen LogP) is -1.61. The van der Waals surface area contributed by atoms with Gasteiger partial charge in [-0.05, 0) is 0 Å². The normalized spacial score (nSPS) is 9.50. The molecule has 4 N–H and O–H groups in total. The molecule has 0 heterocycles. The number of carbonyl (C=O) groups excluding carboxylic acids is 1. The highest BCUT2D eigenvalue weighted by atomic mass is 16.6. The second-order valence-electron chi connectivity index (χ2n) is 0.994. The Hall–Kier alpha value is -1.26. The number of hydrogen-bond acceptors (Lipinski definition) is 3. The third-order valence-electron chi connectivity index (χ3n) is 0.342. The summed E-state index contributed by atoms with van der Waals surface area (Å²) in [6, 6.07) is 0. The summed E-state index contributed by atoms with van der Waals surface area (Å²) in [6.07, 6.45) is 0.933. The molecule has 8 heavy (non-hydrogen) atoms. The third kappa shape index (κ3) is 4.74. The van der Waals surface area contributed by atoms with Crippen LogP contribution in [0.15, 0.2) is 5.16 Å². The highest BCUT2D eigenvalue weighted by molar-refractivity contribution is 5.75. The van der Waals surface area contributed by atoms with Gasteiger partial charge < -0.3 is 16.3 Å². The molecule has 0 aliphatic heterocycles. The van der Waals surface area contributed by atoms with E-state index in [1.165, 1.54) is 0 Å². The molecule has 0 unspecified atom stereocenters. The standard InChI is InChI=1S/C3H7N3O2/c4-2-6-8-1-3(5)7/h2H,1H2,(H2,4,6)(H2,5,7). The molecule has 0 atom stereocenters. The van der Waals surface area contributed by atoms with Crippen LogP contribution in [0.25, 0.3) is 0 Å². The molecule has 0 bridgehead atoms. The highest BCUT2D eigenvalue weighted by Gasteiger charge is 1.88. The SMILES string of the molecule is N/C=N\OCC(N)=O. The van der Waals surface area contributed by atoms with Crippen molar-refractivity contribution in [2.45, 2.75) is 0 Å². The molecule has 0 radical (unpaired) electrons. The Kier molecular flexibility index (Phi) is 3.30. The molecule has 46 valence electrons. The van der Waals surface area contributed by atoms with Gasteiger partial charge >= 0.3 is 0 Å². The molecule has 0 spiro atoms. The topological polar surface area (TPSA) is 90.7 Å². The number of rotatable bonds is 3. The molecular weight excluding hydrogens is 110 g/mol. The first kappa shape index (κ1) is 6.74. The van der Waals surface area contributed by atoms with E-state index < -0.39 is 5.91 Å². The number of nitrogens with zero attached hydrogens (tertiary/aromatic N) is 1. The number of primary amides is 1. The lowest BCUT2D eigenvalue weighted by Crippen LogP contribution is -2.16. The molecule has 0 aliphatic rings. The van der Waals surface area contributed by atoms with E-state index in [1.54, 1.807) is 0 Å². The molecule has 0 aromatic heterocycles. The van der Waals surface area contributed by atoms with Gasteiger partial charge in [0.2, 0.25) is 0 Å². The van der Waals surface area contributed by atoms with Crippen molar-refractivity contribution >= 4 is 12.2 Å². The second-order valence-corrected chi connectivity index (χ2v) is 0.994. The summed E-state index contributed by atoms with van der Waals surface area (Å²) < 4.78 is 0. The minimum absolute atomic E-state index is 0.228. The summed E-state index contributed by atoms with van der Waals surface area (Å²) in [6.45, 7) is -0.228. The van der Waals surface area contributed by atoms with Crippen LogP contribution in [0.2, 0.25) is 0 Å². The Labute approximate surface area is 46.3 Å². The average Bonchev–Trinajstić information content (AvgIpc) is 1.66. The molecular formula is C3H7N3O2. The summed E-state index contributed by atoms with van der Waals surface area (Å²) in [5.74, 6) is -0.574. The lowest BCUT2D eigenvalue weighted by Gasteiger charge is -1.89. The van der Waals surface area contributed by atoms with Gasteiger partial charge in [0.15, 0.2) is 6.61 Å². The maximum Gasteiger partial charge on any atom is 0.258 e. The number of carbonyl (C=O) groups is 1. The van der Waals surface area contributed by atoms with Crippen LogP contribution in [0.1, 0.15) is 0 Å². The molecule has 0 rings (SSSR count). The lowest BCUT2D eigenvalue weighted by atomic mass is 10.7. The summed E-state index contributed by atoms with van der Waals surface area (Å²) in [7, 11) is 0. The Morgan fingerprint density at radius 1 is 1.88 bits per heavy atom. The number of amides is 1. The molecule has 0 saturated carbocycles. The van der Waals surface area contributed by atoms with Crippen molar-refractivity contribution in [3.63, 3.8) is 0 Å². The Morgan fingerprint density at radius 2 is 2.50 bits per heavy atom. The minimum atomic E-state index is -0.574. The van der Waals surface area contributed by atoms with Crippen molar-refractivity contribution in [3.05, 3.63) is 0 Å². The molecule has 0 fully saturated rings. The smallest absolute Gasteiger partial charge is 0.258 e. The van der Waals surface area contributed by atoms with Gasteiger partial charge in [0.25, 0.3) is 5.91 Å². The molecule has 0 aliphatic carbocycles. The van der Waals surface area contributed by atoms with Crippen LogP contribution in [0, 0.1) is 0 Å². The van der Waals surface area contributed by atoms with Crippen LogP contribution in [-0.4, -0.2) is 18.9 Å². The van der Waals surface area contributed by atoms with Gasteiger partial charge in [-0.1, -0.05) is 5.16 Å². The second kappa shape index (κ2) is 3.91. The monoisotopic (exact) mass is 117 g/mol. The van der Waals surface area contributed by atoms with Gasteiger partial charge in [0, 0.05) is 0 Å². The molecule has 1 amide bonds. The maximum absolute atomic E-state index is 9.86. The van der Waals surface area contributed by atoms with Crippen LogP contribution in [0.3, 0.4) is 0 Å². The zero-order valence-electron chi connectivity index (χ0n) is 4.20. The first-order chi connectivity index (χ1) is 3.77. The van der Waals surface area contributed by atoms with Crippen LogP contribution < -0.4 is 11.5 Å². The van der Waals surface area contributed by atoms with E-state index in [2.05, 4.69) is 15.7 Å². The zero-order chi connectivity index (χ0) is 6.41.